The van der Waals surface area contributed by atoms with Gasteiger partial charge in [-0.1, -0.05) is 18.2 Å². The van der Waals surface area contributed by atoms with Crippen LogP contribution in [0.15, 0.2) is 40.8 Å². The Morgan fingerprint density at radius 2 is 2.12 bits per heavy atom. The van der Waals surface area contributed by atoms with Crippen molar-refractivity contribution < 1.29 is 13.9 Å². The second-order valence-electron chi connectivity index (χ2n) is 3.50. The Morgan fingerprint density at radius 1 is 1.38 bits per heavy atom. The van der Waals surface area contributed by atoms with Crippen LogP contribution in [0.4, 0.5) is 0 Å². The Labute approximate surface area is 93.3 Å². The number of allylic oxidation sites excluding steroid dienone is 1. The van der Waals surface area contributed by atoms with Crippen LogP contribution >= 0.6 is 0 Å². The molecule has 2 rings (SSSR count). The number of carbonyl (C=O) groups excluding carboxylic acids is 1. The Morgan fingerprint density at radius 3 is 2.81 bits per heavy atom. The number of fused-ring (bicyclic) bond motifs is 1. The smallest absolute Gasteiger partial charge is 0.330 e. The summed E-state index contributed by atoms with van der Waals surface area (Å²) in [4.78, 5) is 11.1. The van der Waals surface area contributed by atoms with E-state index >= 15 is 0 Å². The summed E-state index contributed by atoms with van der Waals surface area (Å²) in [6.45, 7) is 1.81. The van der Waals surface area contributed by atoms with E-state index in [1.807, 2.05) is 37.3 Å². The second-order valence-corrected chi connectivity index (χ2v) is 3.50. The van der Waals surface area contributed by atoms with Gasteiger partial charge in [0.2, 0.25) is 0 Å². The van der Waals surface area contributed by atoms with Crippen LogP contribution < -0.4 is 0 Å². The lowest BCUT2D eigenvalue weighted by Crippen LogP contribution is -1.95. The molecule has 16 heavy (non-hydrogen) atoms. The molecule has 0 saturated heterocycles. The molecule has 0 fully saturated rings. The first-order valence-electron chi connectivity index (χ1n) is 4.96. The molecule has 82 valence electrons. The SMILES string of the molecule is COC(=O)/C=C(/C)c1cc2ccccc2o1. The minimum atomic E-state index is -0.377. The van der Waals surface area contributed by atoms with Crippen molar-refractivity contribution in [2.75, 3.05) is 7.11 Å². The molecule has 0 spiro atoms. The summed E-state index contributed by atoms with van der Waals surface area (Å²) >= 11 is 0. The molecule has 0 aliphatic carbocycles. The zero-order valence-electron chi connectivity index (χ0n) is 9.19. The molecule has 0 atom stereocenters. The van der Waals surface area contributed by atoms with Crippen LogP contribution in [0.3, 0.4) is 0 Å². The molecular weight excluding hydrogens is 204 g/mol. The Bertz CT molecular complexity index is 516. The molecule has 1 heterocycles. The highest BCUT2D eigenvalue weighted by molar-refractivity contribution is 5.91. The molecule has 2 aromatic rings. The van der Waals surface area contributed by atoms with E-state index in [9.17, 15) is 4.79 Å². The highest BCUT2D eigenvalue weighted by atomic mass is 16.5. The van der Waals surface area contributed by atoms with Gasteiger partial charge in [-0.2, -0.15) is 0 Å². The zero-order chi connectivity index (χ0) is 11.5. The van der Waals surface area contributed by atoms with Crippen molar-refractivity contribution in [3.63, 3.8) is 0 Å². The summed E-state index contributed by atoms with van der Waals surface area (Å²) in [5, 5.41) is 1.02. The van der Waals surface area contributed by atoms with Gasteiger partial charge in [0.25, 0.3) is 0 Å². The van der Waals surface area contributed by atoms with Crippen LogP contribution in [0.5, 0.6) is 0 Å². The summed E-state index contributed by atoms with van der Waals surface area (Å²) < 4.78 is 10.2. The number of methoxy groups -OCH3 is 1. The Balaban J connectivity index is 2.40. The minimum absolute atomic E-state index is 0.377. The van der Waals surface area contributed by atoms with Gasteiger partial charge in [0.1, 0.15) is 11.3 Å². The maximum Gasteiger partial charge on any atom is 0.330 e. The predicted octanol–water partition coefficient (Wildman–Crippen LogP) is 3.01. The predicted molar refractivity (Wildman–Crippen MR) is 61.9 cm³/mol. The fourth-order valence-electron chi connectivity index (χ4n) is 1.48. The summed E-state index contributed by atoms with van der Waals surface area (Å²) in [6.07, 6.45) is 1.41. The van der Waals surface area contributed by atoms with Gasteiger partial charge in [0.15, 0.2) is 0 Å². The van der Waals surface area contributed by atoms with Crippen LogP contribution in [-0.2, 0) is 9.53 Å². The van der Waals surface area contributed by atoms with E-state index < -0.39 is 0 Å². The molecule has 0 amide bonds. The average Bonchev–Trinajstić information content (AvgIpc) is 2.72. The lowest BCUT2D eigenvalue weighted by Gasteiger charge is -1.95. The van der Waals surface area contributed by atoms with Gasteiger partial charge < -0.3 is 9.15 Å². The van der Waals surface area contributed by atoms with Crippen molar-refractivity contribution in [2.45, 2.75) is 6.92 Å². The lowest BCUT2D eigenvalue weighted by molar-refractivity contribution is -0.134. The van der Waals surface area contributed by atoms with Crippen molar-refractivity contribution in [2.24, 2.45) is 0 Å². The first-order valence-corrected chi connectivity index (χ1v) is 4.96. The molecule has 3 nitrogen and oxygen atoms in total. The molecule has 0 saturated carbocycles. The number of benzene rings is 1. The number of hydrogen-bond acceptors (Lipinski definition) is 3. The van der Waals surface area contributed by atoms with Gasteiger partial charge in [-0.15, -0.1) is 0 Å². The molecule has 0 unspecified atom stereocenters. The van der Waals surface area contributed by atoms with Crippen molar-refractivity contribution >= 4 is 22.5 Å². The van der Waals surface area contributed by atoms with Crippen LogP contribution in [0.2, 0.25) is 0 Å². The largest absolute Gasteiger partial charge is 0.466 e. The van der Waals surface area contributed by atoms with Gasteiger partial charge in [-0.05, 0) is 24.6 Å². The van der Waals surface area contributed by atoms with E-state index in [1.165, 1.54) is 13.2 Å². The highest BCUT2D eigenvalue weighted by Gasteiger charge is 2.06. The number of para-hydroxylation sites is 1. The van der Waals surface area contributed by atoms with Crippen molar-refractivity contribution in [1.82, 2.24) is 0 Å². The van der Waals surface area contributed by atoms with Crippen LogP contribution in [0, 0.1) is 0 Å². The lowest BCUT2D eigenvalue weighted by atomic mass is 10.2. The highest BCUT2D eigenvalue weighted by Crippen LogP contribution is 2.24. The van der Waals surface area contributed by atoms with Gasteiger partial charge in [-0.25, -0.2) is 4.79 Å². The van der Waals surface area contributed by atoms with E-state index in [0.717, 1.165) is 16.5 Å². The third-order valence-electron chi connectivity index (χ3n) is 2.35. The summed E-state index contributed by atoms with van der Waals surface area (Å²) in [5.74, 6) is 0.310. The summed E-state index contributed by atoms with van der Waals surface area (Å²) in [6, 6.07) is 9.62. The van der Waals surface area contributed by atoms with Crippen LogP contribution in [0.1, 0.15) is 12.7 Å². The van der Waals surface area contributed by atoms with Crippen LogP contribution in [-0.4, -0.2) is 13.1 Å². The van der Waals surface area contributed by atoms with Gasteiger partial charge >= 0.3 is 5.97 Å². The maximum absolute atomic E-state index is 11.1. The molecular formula is C13H12O3. The molecule has 0 radical (unpaired) electrons. The van der Waals surface area contributed by atoms with Gasteiger partial charge in [0.05, 0.1) is 7.11 Å². The molecule has 1 aromatic heterocycles. The van der Waals surface area contributed by atoms with E-state index in [1.54, 1.807) is 0 Å². The van der Waals surface area contributed by atoms with Gasteiger partial charge in [0, 0.05) is 11.5 Å². The van der Waals surface area contributed by atoms with E-state index in [0.29, 0.717) is 5.76 Å². The standard InChI is InChI=1S/C13H12O3/c1-9(7-13(14)15-2)12-8-10-5-3-4-6-11(10)16-12/h3-8H,1-2H3/b9-7-. The molecule has 1 aromatic carbocycles. The number of rotatable bonds is 2. The number of hydrogen-bond donors (Lipinski definition) is 0. The molecule has 0 N–H and O–H groups in total. The second kappa shape index (κ2) is 4.23. The third-order valence-corrected chi connectivity index (χ3v) is 2.35. The van der Waals surface area contributed by atoms with Crippen molar-refractivity contribution in [3.05, 3.63) is 42.2 Å². The quantitative estimate of drug-likeness (QED) is 0.572. The summed E-state index contributed by atoms with van der Waals surface area (Å²) in [7, 11) is 1.35. The topological polar surface area (TPSA) is 39.4 Å². The third kappa shape index (κ3) is 1.98. The fraction of sp³-hybridized carbons (Fsp3) is 0.154. The van der Waals surface area contributed by atoms with Crippen LogP contribution in [0.25, 0.3) is 16.5 Å². The fourth-order valence-corrected chi connectivity index (χ4v) is 1.48. The average molecular weight is 216 g/mol. The number of ether oxygens (including phenoxy) is 1. The van der Waals surface area contributed by atoms with Crippen molar-refractivity contribution in [1.29, 1.82) is 0 Å². The van der Waals surface area contributed by atoms with E-state index in [-0.39, 0.29) is 5.97 Å². The monoisotopic (exact) mass is 216 g/mol. The van der Waals surface area contributed by atoms with E-state index in [2.05, 4.69) is 4.74 Å². The van der Waals surface area contributed by atoms with Crippen molar-refractivity contribution in [3.8, 4) is 0 Å². The molecule has 0 aliphatic heterocycles. The first kappa shape index (κ1) is 10.5. The van der Waals surface area contributed by atoms with E-state index in [4.69, 9.17) is 4.42 Å². The minimum Gasteiger partial charge on any atom is -0.466 e. The maximum atomic E-state index is 11.1. The zero-order valence-corrected chi connectivity index (χ0v) is 9.19. The number of furan rings is 1. The van der Waals surface area contributed by atoms with Gasteiger partial charge in [-0.3, -0.25) is 0 Å². The molecule has 0 aliphatic rings. The Kier molecular flexibility index (Phi) is 2.77. The summed E-state index contributed by atoms with van der Waals surface area (Å²) in [5.41, 5.74) is 1.57. The molecule has 0 bridgehead atoms. The number of carbonyl (C=O) groups is 1. The Hall–Kier alpha value is -2.03. The number of esters is 1. The normalized spacial score (nSPS) is 11.8. The molecule has 3 heteroatoms. The first-order chi connectivity index (χ1) is 7.70.